The highest BCUT2D eigenvalue weighted by molar-refractivity contribution is 7.89. The SMILES string of the molecule is CCCC(C)CS(=O)(=O)NCC(O)c1ccccc1C. The summed E-state index contributed by atoms with van der Waals surface area (Å²) in [5.41, 5.74) is 1.72. The Labute approximate surface area is 122 Å². The molecular weight excluding hydrogens is 274 g/mol. The predicted octanol–water partition coefficient (Wildman–Crippen LogP) is 2.38. The molecule has 0 fully saturated rings. The van der Waals surface area contributed by atoms with E-state index in [1.54, 1.807) is 0 Å². The normalized spacial score (nSPS) is 15.0. The van der Waals surface area contributed by atoms with Crippen molar-refractivity contribution >= 4 is 10.0 Å². The first-order valence-electron chi connectivity index (χ1n) is 7.06. The summed E-state index contributed by atoms with van der Waals surface area (Å²) in [5.74, 6) is 0.245. The Balaban J connectivity index is 2.56. The van der Waals surface area contributed by atoms with Crippen molar-refractivity contribution in [2.75, 3.05) is 12.3 Å². The molecule has 0 aromatic heterocycles. The molecule has 0 aliphatic carbocycles. The van der Waals surface area contributed by atoms with Gasteiger partial charge in [0.1, 0.15) is 0 Å². The lowest BCUT2D eigenvalue weighted by atomic mass is 10.0. The maximum Gasteiger partial charge on any atom is 0.211 e. The van der Waals surface area contributed by atoms with Gasteiger partial charge in [-0.1, -0.05) is 44.5 Å². The lowest BCUT2D eigenvalue weighted by Crippen LogP contribution is -2.32. The Morgan fingerprint density at radius 3 is 2.55 bits per heavy atom. The van der Waals surface area contributed by atoms with Gasteiger partial charge in [0.15, 0.2) is 0 Å². The quantitative estimate of drug-likeness (QED) is 0.774. The molecule has 0 bridgehead atoms. The first-order valence-corrected chi connectivity index (χ1v) is 8.72. The number of aryl methyl sites for hydroxylation is 1. The number of hydrogen-bond donors (Lipinski definition) is 2. The molecule has 0 spiro atoms. The van der Waals surface area contributed by atoms with Gasteiger partial charge < -0.3 is 5.11 Å². The van der Waals surface area contributed by atoms with Gasteiger partial charge in [-0.2, -0.15) is 0 Å². The second-order valence-electron chi connectivity index (χ2n) is 5.40. The molecule has 114 valence electrons. The maximum atomic E-state index is 11.9. The molecular formula is C15H25NO3S. The number of sulfonamides is 1. The van der Waals surface area contributed by atoms with E-state index in [0.29, 0.717) is 0 Å². The van der Waals surface area contributed by atoms with Gasteiger partial charge >= 0.3 is 0 Å². The van der Waals surface area contributed by atoms with E-state index in [4.69, 9.17) is 0 Å². The zero-order valence-corrected chi connectivity index (χ0v) is 13.3. The van der Waals surface area contributed by atoms with Crippen LogP contribution >= 0.6 is 0 Å². The molecule has 20 heavy (non-hydrogen) atoms. The van der Waals surface area contributed by atoms with Crippen LogP contribution in [-0.2, 0) is 10.0 Å². The summed E-state index contributed by atoms with van der Waals surface area (Å²) in [6.07, 6.45) is 1.05. The lowest BCUT2D eigenvalue weighted by molar-refractivity contribution is 0.181. The van der Waals surface area contributed by atoms with E-state index < -0.39 is 16.1 Å². The average molecular weight is 299 g/mol. The predicted molar refractivity (Wildman–Crippen MR) is 82.0 cm³/mol. The maximum absolute atomic E-state index is 11.9. The van der Waals surface area contributed by atoms with Crippen LogP contribution in [0.3, 0.4) is 0 Å². The summed E-state index contributed by atoms with van der Waals surface area (Å²) in [7, 11) is -3.33. The Hall–Kier alpha value is -0.910. The molecule has 4 nitrogen and oxygen atoms in total. The van der Waals surface area contributed by atoms with E-state index >= 15 is 0 Å². The number of nitrogens with one attached hydrogen (secondary N) is 1. The molecule has 0 saturated carbocycles. The largest absolute Gasteiger partial charge is 0.387 e. The highest BCUT2D eigenvalue weighted by Crippen LogP contribution is 2.16. The van der Waals surface area contributed by atoms with Crippen molar-refractivity contribution in [2.24, 2.45) is 5.92 Å². The summed E-state index contributed by atoms with van der Waals surface area (Å²) in [6, 6.07) is 7.44. The van der Waals surface area contributed by atoms with E-state index in [9.17, 15) is 13.5 Å². The Morgan fingerprint density at radius 1 is 1.30 bits per heavy atom. The first-order chi connectivity index (χ1) is 9.35. The molecule has 1 aromatic carbocycles. The number of benzene rings is 1. The minimum absolute atomic E-state index is 0.0199. The summed E-state index contributed by atoms with van der Waals surface area (Å²) >= 11 is 0. The van der Waals surface area contributed by atoms with Gasteiger partial charge in [-0.05, 0) is 30.4 Å². The molecule has 2 atom stereocenters. The van der Waals surface area contributed by atoms with Gasteiger partial charge in [0.05, 0.1) is 11.9 Å². The van der Waals surface area contributed by atoms with Crippen LogP contribution < -0.4 is 4.72 Å². The summed E-state index contributed by atoms with van der Waals surface area (Å²) in [6.45, 7) is 5.89. The zero-order chi connectivity index (χ0) is 15.2. The molecule has 1 rings (SSSR count). The topological polar surface area (TPSA) is 66.4 Å². The van der Waals surface area contributed by atoms with Gasteiger partial charge in [0.2, 0.25) is 10.0 Å². The van der Waals surface area contributed by atoms with Crippen LogP contribution in [-0.4, -0.2) is 25.8 Å². The van der Waals surface area contributed by atoms with Gasteiger partial charge in [-0.15, -0.1) is 0 Å². The number of aliphatic hydroxyl groups is 1. The first kappa shape index (κ1) is 17.1. The van der Waals surface area contributed by atoms with Crippen LogP contribution in [0.15, 0.2) is 24.3 Å². The molecule has 0 aliphatic rings. The average Bonchev–Trinajstić information content (AvgIpc) is 2.36. The van der Waals surface area contributed by atoms with Crippen molar-refractivity contribution < 1.29 is 13.5 Å². The van der Waals surface area contributed by atoms with Crippen LogP contribution in [0.4, 0.5) is 0 Å². The monoisotopic (exact) mass is 299 g/mol. The minimum Gasteiger partial charge on any atom is -0.387 e. The minimum atomic E-state index is -3.33. The van der Waals surface area contributed by atoms with E-state index in [1.807, 2.05) is 45.0 Å². The molecule has 1 aromatic rings. The van der Waals surface area contributed by atoms with Crippen molar-refractivity contribution in [2.45, 2.75) is 39.7 Å². The second-order valence-corrected chi connectivity index (χ2v) is 7.25. The third-order valence-electron chi connectivity index (χ3n) is 3.33. The summed E-state index contributed by atoms with van der Waals surface area (Å²) in [4.78, 5) is 0. The zero-order valence-electron chi connectivity index (χ0n) is 12.5. The van der Waals surface area contributed by atoms with Gasteiger partial charge in [-0.3, -0.25) is 0 Å². The van der Waals surface area contributed by atoms with Gasteiger partial charge in [0, 0.05) is 6.54 Å². The molecule has 2 N–H and O–H groups in total. The molecule has 0 aliphatic heterocycles. The van der Waals surface area contributed by atoms with E-state index in [-0.39, 0.29) is 18.2 Å². The van der Waals surface area contributed by atoms with Crippen LogP contribution in [0.2, 0.25) is 0 Å². The lowest BCUT2D eigenvalue weighted by Gasteiger charge is -2.16. The molecule has 0 heterocycles. The van der Waals surface area contributed by atoms with Gasteiger partial charge in [-0.25, -0.2) is 13.1 Å². The van der Waals surface area contributed by atoms with Crippen molar-refractivity contribution in [3.63, 3.8) is 0 Å². The Kier molecular flexibility index (Phi) is 6.65. The van der Waals surface area contributed by atoms with Crippen LogP contribution in [0.25, 0.3) is 0 Å². The van der Waals surface area contributed by atoms with Crippen LogP contribution in [0.1, 0.15) is 43.9 Å². The number of rotatable bonds is 8. The number of aliphatic hydroxyl groups excluding tert-OH is 1. The molecule has 0 amide bonds. The summed E-state index contributed by atoms with van der Waals surface area (Å²) in [5, 5.41) is 10.1. The summed E-state index contributed by atoms with van der Waals surface area (Å²) < 4.78 is 26.3. The fourth-order valence-electron chi connectivity index (χ4n) is 2.29. The molecule has 0 radical (unpaired) electrons. The third kappa shape index (κ3) is 5.61. The van der Waals surface area contributed by atoms with Crippen molar-refractivity contribution in [1.29, 1.82) is 0 Å². The van der Waals surface area contributed by atoms with E-state index in [0.717, 1.165) is 24.0 Å². The standard InChI is InChI=1S/C15H25NO3S/c1-4-7-12(2)11-20(18,19)16-10-15(17)14-9-6-5-8-13(14)3/h5-6,8-9,12,15-17H,4,7,10-11H2,1-3H3. The molecule has 5 heteroatoms. The van der Waals surface area contributed by atoms with Crippen LogP contribution in [0.5, 0.6) is 0 Å². The van der Waals surface area contributed by atoms with Crippen molar-refractivity contribution in [3.8, 4) is 0 Å². The van der Waals surface area contributed by atoms with E-state index in [1.165, 1.54) is 0 Å². The highest BCUT2D eigenvalue weighted by atomic mass is 32.2. The van der Waals surface area contributed by atoms with E-state index in [2.05, 4.69) is 4.72 Å². The van der Waals surface area contributed by atoms with Crippen LogP contribution in [0, 0.1) is 12.8 Å². The van der Waals surface area contributed by atoms with Crippen molar-refractivity contribution in [3.05, 3.63) is 35.4 Å². The highest BCUT2D eigenvalue weighted by Gasteiger charge is 2.17. The smallest absolute Gasteiger partial charge is 0.211 e. The number of hydrogen-bond acceptors (Lipinski definition) is 3. The van der Waals surface area contributed by atoms with Gasteiger partial charge in [0.25, 0.3) is 0 Å². The second kappa shape index (κ2) is 7.76. The fraction of sp³-hybridized carbons (Fsp3) is 0.600. The molecule has 2 unspecified atom stereocenters. The Bertz CT molecular complexity index is 514. The fourth-order valence-corrected chi connectivity index (χ4v) is 3.73. The Morgan fingerprint density at radius 2 is 1.95 bits per heavy atom. The van der Waals surface area contributed by atoms with Crippen molar-refractivity contribution in [1.82, 2.24) is 4.72 Å². The third-order valence-corrected chi connectivity index (χ3v) is 4.94. The molecule has 0 saturated heterocycles.